The van der Waals surface area contributed by atoms with Gasteiger partial charge >= 0.3 is 0 Å². The highest BCUT2D eigenvalue weighted by Gasteiger charge is 2.12. The molecule has 144 valence electrons. The van der Waals surface area contributed by atoms with Crippen LogP contribution in [0, 0.1) is 0 Å². The maximum atomic E-state index is 12.1. The average molecular weight is 389 g/mol. The predicted octanol–water partition coefficient (Wildman–Crippen LogP) is 3.45. The fraction of sp³-hybridized carbons (Fsp3) is 0.333. The van der Waals surface area contributed by atoms with E-state index in [9.17, 15) is 9.59 Å². The normalized spacial score (nSPS) is 10.3. The molecule has 0 atom stereocenters. The third-order valence-electron chi connectivity index (χ3n) is 4.29. The molecule has 0 aliphatic heterocycles. The average Bonchev–Trinajstić information content (AvgIpc) is 2.67. The molecule has 0 spiro atoms. The number of hydrogen-bond donors (Lipinski definition) is 1. The first kappa shape index (κ1) is 20.8. The zero-order valence-corrected chi connectivity index (χ0v) is 16.5. The van der Waals surface area contributed by atoms with Crippen LogP contribution in [0.3, 0.4) is 0 Å². The van der Waals surface area contributed by atoms with E-state index < -0.39 is 0 Å². The highest BCUT2D eigenvalue weighted by atomic mass is 35.5. The minimum Gasteiger partial charge on any atom is -0.497 e. The summed E-state index contributed by atoms with van der Waals surface area (Å²) in [4.78, 5) is 25.7. The Labute approximate surface area is 165 Å². The molecule has 1 N–H and O–H groups in total. The predicted molar refractivity (Wildman–Crippen MR) is 107 cm³/mol. The van der Waals surface area contributed by atoms with Gasteiger partial charge in [-0.1, -0.05) is 41.9 Å². The number of nitrogens with one attached hydrogen (secondary N) is 1. The fourth-order valence-electron chi connectivity index (χ4n) is 2.68. The van der Waals surface area contributed by atoms with Gasteiger partial charge in [-0.2, -0.15) is 0 Å². The molecule has 6 heteroatoms. The third kappa shape index (κ3) is 6.94. The first-order chi connectivity index (χ1) is 13.0. The smallest absolute Gasteiger partial charge is 0.222 e. The summed E-state index contributed by atoms with van der Waals surface area (Å²) in [5, 5.41) is 3.47. The molecule has 2 aromatic carbocycles. The SMILES string of the molecule is COc1cccc(CCN(CCC(=O)NCc2ccccc2Cl)C(C)=O)c1. The molecule has 0 saturated carbocycles. The van der Waals surface area contributed by atoms with E-state index in [1.54, 1.807) is 18.1 Å². The Morgan fingerprint density at radius 2 is 1.89 bits per heavy atom. The summed E-state index contributed by atoms with van der Waals surface area (Å²) in [5.41, 5.74) is 1.96. The molecule has 5 nitrogen and oxygen atoms in total. The second kappa shape index (κ2) is 10.6. The Morgan fingerprint density at radius 1 is 1.11 bits per heavy atom. The quantitative estimate of drug-likeness (QED) is 0.715. The molecule has 0 aliphatic rings. The van der Waals surface area contributed by atoms with Crippen LogP contribution in [0.15, 0.2) is 48.5 Å². The van der Waals surface area contributed by atoms with Crippen molar-refractivity contribution in [3.63, 3.8) is 0 Å². The van der Waals surface area contributed by atoms with Crippen LogP contribution >= 0.6 is 11.6 Å². The number of carbonyl (C=O) groups is 2. The molecule has 2 rings (SSSR count). The number of halogens is 1. The standard InChI is InChI=1S/C21H25ClN2O3/c1-16(25)24(12-10-17-6-5-8-19(14-17)27-2)13-11-21(26)23-15-18-7-3-4-9-20(18)22/h3-9,14H,10-13,15H2,1-2H3,(H,23,26). The van der Waals surface area contributed by atoms with Crippen molar-refractivity contribution >= 4 is 23.4 Å². The van der Waals surface area contributed by atoms with Gasteiger partial charge in [0, 0.05) is 38.0 Å². The molecule has 27 heavy (non-hydrogen) atoms. The molecule has 0 saturated heterocycles. The van der Waals surface area contributed by atoms with E-state index in [4.69, 9.17) is 16.3 Å². The fourth-order valence-corrected chi connectivity index (χ4v) is 2.88. The summed E-state index contributed by atoms with van der Waals surface area (Å²) in [6.07, 6.45) is 0.958. The maximum absolute atomic E-state index is 12.1. The van der Waals surface area contributed by atoms with Gasteiger partial charge in [-0.05, 0) is 35.7 Å². The Hall–Kier alpha value is -2.53. The second-order valence-electron chi connectivity index (χ2n) is 6.23. The molecule has 2 amide bonds. The number of hydrogen-bond acceptors (Lipinski definition) is 3. The molecule has 0 radical (unpaired) electrons. The number of ether oxygens (including phenoxy) is 1. The maximum Gasteiger partial charge on any atom is 0.222 e. The zero-order chi connectivity index (χ0) is 19.6. The van der Waals surface area contributed by atoms with Crippen LogP contribution in [0.1, 0.15) is 24.5 Å². The van der Waals surface area contributed by atoms with Gasteiger partial charge in [0.05, 0.1) is 7.11 Å². The van der Waals surface area contributed by atoms with Crippen molar-refractivity contribution in [1.82, 2.24) is 10.2 Å². The van der Waals surface area contributed by atoms with Crippen LogP contribution in [0.25, 0.3) is 0 Å². The lowest BCUT2D eigenvalue weighted by molar-refractivity contribution is -0.129. The summed E-state index contributed by atoms with van der Waals surface area (Å²) in [6.45, 7) is 2.84. The number of carbonyl (C=O) groups excluding carboxylic acids is 2. The van der Waals surface area contributed by atoms with Crippen LogP contribution in [0.2, 0.25) is 5.02 Å². The van der Waals surface area contributed by atoms with E-state index in [0.717, 1.165) is 16.9 Å². The van der Waals surface area contributed by atoms with Crippen molar-refractivity contribution in [1.29, 1.82) is 0 Å². The summed E-state index contributed by atoms with van der Waals surface area (Å²) in [7, 11) is 1.63. The molecular weight excluding hydrogens is 364 g/mol. The van der Waals surface area contributed by atoms with Crippen molar-refractivity contribution in [2.24, 2.45) is 0 Å². The molecule has 2 aromatic rings. The minimum absolute atomic E-state index is 0.0446. The molecule has 0 heterocycles. The van der Waals surface area contributed by atoms with Crippen molar-refractivity contribution in [2.45, 2.75) is 26.3 Å². The van der Waals surface area contributed by atoms with Crippen molar-refractivity contribution < 1.29 is 14.3 Å². The molecule has 0 unspecified atom stereocenters. The largest absolute Gasteiger partial charge is 0.497 e. The van der Waals surface area contributed by atoms with Crippen LogP contribution < -0.4 is 10.1 Å². The lowest BCUT2D eigenvalue weighted by Gasteiger charge is -2.21. The first-order valence-electron chi connectivity index (χ1n) is 8.88. The Morgan fingerprint density at radius 3 is 2.59 bits per heavy atom. The van der Waals surface area contributed by atoms with Crippen molar-refractivity contribution in [3.05, 3.63) is 64.7 Å². The number of methoxy groups -OCH3 is 1. The number of amides is 2. The van der Waals surface area contributed by atoms with E-state index in [-0.39, 0.29) is 18.2 Å². The molecular formula is C21H25ClN2O3. The van der Waals surface area contributed by atoms with Gasteiger partial charge < -0.3 is 15.0 Å². The van der Waals surface area contributed by atoms with Crippen molar-refractivity contribution in [3.8, 4) is 5.75 Å². The van der Waals surface area contributed by atoms with E-state index in [2.05, 4.69) is 5.32 Å². The van der Waals surface area contributed by atoms with Crippen LogP contribution in [0.5, 0.6) is 5.75 Å². The van der Waals surface area contributed by atoms with Gasteiger partial charge in [0.2, 0.25) is 11.8 Å². The minimum atomic E-state index is -0.109. The van der Waals surface area contributed by atoms with E-state index in [0.29, 0.717) is 31.1 Å². The third-order valence-corrected chi connectivity index (χ3v) is 4.66. The van der Waals surface area contributed by atoms with E-state index in [1.165, 1.54) is 6.92 Å². The first-order valence-corrected chi connectivity index (χ1v) is 9.26. The summed E-state index contributed by atoms with van der Waals surface area (Å²) < 4.78 is 5.22. The Bertz CT molecular complexity index is 780. The molecule has 0 fully saturated rings. The topological polar surface area (TPSA) is 58.6 Å². The highest BCUT2D eigenvalue weighted by molar-refractivity contribution is 6.31. The molecule has 0 bridgehead atoms. The number of rotatable bonds is 9. The van der Waals surface area contributed by atoms with E-state index in [1.807, 2.05) is 42.5 Å². The van der Waals surface area contributed by atoms with Gasteiger partial charge in [-0.3, -0.25) is 9.59 Å². The summed E-state index contributed by atoms with van der Waals surface area (Å²) in [6, 6.07) is 15.2. The van der Waals surface area contributed by atoms with Crippen LogP contribution in [-0.4, -0.2) is 36.9 Å². The number of benzene rings is 2. The van der Waals surface area contributed by atoms with Crippen LogP contribution in [0.4, 0.5) is 0 Å². The monoisotopic (exact) mass is 388 g/mol. The Balaban J connectivity index is 1.80. The van der Waals surface area contributed by atoms with Crippen LogP contribution in [-0.2, 0) is 22.6 Å². The van der Waals surface area contributed by atoms with Crippen molar-refractivity contribution in [2.75, 3.05) is 20.2 Å². The van der Waals surface area contributed by atoms with E-state index >= 15 is 0 Å². The second-order valence-corrected chi connectivity index (χ2v) is 6.63. The summed E-state index contributed by atoms with van der Waals surface area (Å²) in [5.74, 6) is 0.639. The molecule has 0 aliphatic carbocycles. The highest BCUT2D eigenvalue weighted by Crippen LogP contribution is 2.15. The lowest BCUT2D eigenvalue weighted by atomic mass is 10.1. The van der Waals surface area contributed by atoms with Gasteiger partial charge in [0.15, 0.2) is 0 Å². The van der Waals surface area contributed by atoms with Gasteiger partial charge in [0.1, 0.15) is 5.75 Å². The number of nitrogens with zero attached hydrogens (tertiary/aromatic N) is 1. The lowest BCUT2D eigenvalue weighted by Crippen LogP contribution is -2.35. The summed E-state index contributed by atoms with van der Waals surface area (Å²) >= 11 is 6.08. The Kier molecular flexibility index (Phi) is 8.14. The van der Waals surface area contributed by atoms with Gasteiger partial charge in [-0.15, -0.1) is 0 Å². The molecule has 0 aromatic heterocycles. The zero-order valence-electron chi connectivity index (χ0n) is 15.7. The van der Waals surface area contributed by atoms with Gasteiger partial charge in [-0.25, -0.2) is 0 Å². The van der Waals surface area contributed by atoms with Gasteiger partial charge in [0.25, 0.3) is 0 Å².